The lowest BCUT2D eigenvalue weighted by molar-refractivity contribution is -0.139. The molecular weight excluding hydrogens is 432 g/mol. The number of hydrogen-bond donors (Lipinski definition) is 3. The van der Waals surface area contributed by atoms with Crippen molar-refractivity contribution >= 4 is 24.0 Å². The molecule has 0 aliphatic heterocycles. The minimum Gasteiger partial charge on any atom is -0.480 e. The zero-order chi connectivity index (χ0) is 24.4. The molecule has 0 radical (unpaired) electrons. The molecule has 33 heavy (non-hydrogen) atoms. The number of carbonyl (C=O) groups excluding carboxylic acids is 2. The lowest BCUT2D eigenvalue weighted by Gasteiger charge is -2.22. The van der Waals surface area contributed by atoms with Gasteiger partial charge in [-0.15, -0.1) is 0 Å². The normalized spacial score (nSPS) is 11.8. The smallest absolute Gasteiger partial charge is 0.413 e. The predicted octanol–water partition coefficient (Wildman–Crippen LogP) is 2.75. The van der Waals surface area contributed by atoms with Gasteiger partial charge in [0.1, 0.15) is 24.1 Å². The van der Waals surface area contributed by atoms with Crippen LogP contribution in [-0.2, 0) is 27.4 Å². The summed E-state index contributed by atoms with van der Waals surface area (Å²) in [6, 6.07) is 9.38. The highest BCUT2D eigenvalue weighted by atomic mass is 16.6. The number of hydrogen-bond acceptors (Lipinski definition) is 7. The largest absolute Gasteiger partial charge is 0.480 e. The van der Waals surface area contributed by atoms with E-state index < -0.39 is 35.5 Å². The molecule has 1 atom stereocenters. The first-order chi connectivity index (χ1) is 15.5. The van der Waals surface area contributed by atoms with Crippen molar-refractivity contribution in [1.82, 2.24) is 14.9 Å². The topological polar surface area (TPSA) is 149 Å². The summed E-state index contributed by atoms with van der Waals surface area (Å²) in [7, 11) is 0. The summed E-state index contributed by atoms with van der Waals surface area (Å²) >= 11 is 0. The van der Waals surface area contributed by atoms with E-state index in [-0.39, 0.29) is 31.8 Å². The third-order valence-corrected chi connectivity index (χ3v) is 4.20. The maximum atomic E-state index is 12.2. The van der Waals surface area contributed by atoms with E-state index >= 15 is 0 Å². The van der Waals surface area contributed by atoms with Crippen LogP contribution < -0.4 is 16.3 Å². The van der Waals surface area contributed by atoms with Crippen molar-refractivity contribution in [1.29, 1.82) is 0 Å². The van der Waals surface area contributed by atoms with Crippen LogP contribution in [0.1, 0.15) is 39.2 Å². The van der Waals surface area contributed by atoms with Gasteiger partial charge in [0.2, 0.25) is 0 Å². The quantitative estimate of drug-likeness (QED) is 0.517. The molecule has 0 aliphatic carbocycles. The van der Waals surface area contributed by atoms with Gasteiger partial charge in [0.05, 0.1) is 0 Å². The van der Waals surface area contributed by atoms with E-state index in [1.165, 1.54) is 16.8 Å². The van der Waals surface area contributed by atoms with Gasteiger partial charge in [0.15, 0.2) is 0 Å². The van der Waals surface area contributed by atoms with Crippen LogP contribution in [0.25, 0.3) is 0 Å². The first-order valence-corrected chi connectivity index (χ1v) is 10.3. The fraction of sp³-hybridized carbons (Fsp3) is 0.409. The van der Waals surface area contributed by atoms with Crippen LogP contribution in [0.15, 0.2) is 47.4 Å². The molecule has 11 nitrogen and oxygen atoms in total. The van der Waals surface area contributed by atoms with Crippen molar-refractivity contribution in [2.45, 2.75) is 58.4 Å². The van der Waals surface area contributed by atoms with Crippen LogP contribution in [0, 0.1) is 0 Å². The van der Waals surface area contributed by atoms with Crippen LogP contribution in [0.5, 0.6) is 0 Å². The number of anilines is 1. The minimum absolute atomic E-state index is 0.0318. The van der Waals surface area contributed by atoms with Gasteiger partial charge >= 0.3 is 23.8 Å². The van der Waals surface area contributed by atoms with Crippen molar-refractivity contribution in [2.24, 2.45) is 0 Å². The number of alkyl carbamates (subject to hydrolysis) is 1. The Kier molecular flexibility index (Phi) is 8.96. The number of rotatable bonds is 9. The summed E-state index contributed by atoms with van der Waals surface area (Å²) in [4.78, 5) is 51.1. The molecule has 0 saturated carbocycles. The van der Waals surface area contributed by atoms with Crippen molar-refractivity contribution < 1.29 is 29.0 Å². The SMILES string of the molecule is CC(C)(C)OC(=O)N[C@H](CCCn1ccc(NC(=O)OCc2ccccc2)nc1=O)C(=O)O. The Balaban J connectivity index is 1.84. The zero-order valence-corrected chi connectivity index (χ0v) is 18.7. The molecular formula is C22H28N4O7. The number of ether oxygens (including phenoxy) is 2. The molecule has 0 spiro atoms. The Morgan fingerprint density at radius 3 is 2.42 bits per heavy atom. The monoisotopic (exact) mass is 460 g/mol. The van der Waals surface area contributed by atoms with Crippen molar-refractivity contribution in [3.05, 3.63) is 58.6 Å². The first kappa shape index (κ1) is 25.4. The Bertz CT molecular complexity index is 1020. The summed E-state index contributed by atoms with van der Waals surface area (Å²) in [5.41, 5.74) is -0.560. The number of aryl methyl sites for hydroxylation is 1. The molecule has 0 unspecified atom stereocenters. The van der Waals surface area contributed by atoms with Gasteiger partial charge in [-0.1, -0.05) is 30.3 Å². The molecule has 0 aliphatic rings. The number of carboxylic acid groups (broad SMARTS) is 1. The van der Waals surface area contributed by atoms with Crippen LogP contribution in [0.3, 0.4) is 0 Å². The molecule has 2 amide bonds. The van der Waals surface area contributed by atoms with Crippen LogP contribution in [-0.4, -0.2) is 44.5 Å². The fourth-order valence-electron chi connectivity index (χ4n) is 2.71. The van der Waals surface area contributed by atoms with Crippen LogP contribution in [0.4, 0.5) is 15.4 Å². The zero-order valence-electron chi connectivity index (χ0n) is 18.7. The molecule has 11 heteroatoms. The number of nitrogens with zero attached hydrogens (tertiary/aromatic N) is 2. The third-order valence-electron chi connectivity index (χ3n) is 4.20. The number of aliphatic carboxylic acids is 1. The number of carbonyl (C=O) groups is 3. The lowest BCUT2D eigenvalue weighted by atomic mass is 10.1. The van der Waals surface area contributed by atoms with Gasteiger partial charge in [-0.2, -0.15) is 4.98 Å². The molecule has 1 aromatic carbocycles. The molecule has 2 rings (SSSR count). The van der Waals surface area contributed by atoms with Crippen molar-refractivity contribution in [2.75, 3.05) is 5.32 Å². The highest BCUT2D eigenvalue weighted by Crippen LogP contribution is 2.08. The van der Waals surface area contributed by atoms with E-state index in [0.29, 0.717) is 0 Å². The fourth-order valence-corrected chi connectivity index (χ4v) is 2.71. The Morgan fingerprint density at radius 2 is 1.82 bits per heavy atom. The second-order valence-corrected chi connectivity index (χ2v) is 8.15. The standard InChI is InChI=1S/C22H28N4O7/c1-22(2,3)33-21(31)23-16(18(27)28)10-7-12-26-13-11-17(24-19(26)29)25-20(30)32-14-15-8-5-4-6-9-15/h4-6,8-9,11,13,16H,7,10,12,14H2,1-3H3,(H,23,31)(H,27,28)(H,24,25,29,30)/t16-/m1/s1. The van der Waals surface area contributed by atoms with E-state index in [9.17, 15) is 24.3 Å². The number of carboxylic acids is 1. The highest BCUT2D eigenvalue weighted by molar-refractivity contribution is 5.83. The summed E-state index contributed by atoms with van der Waals surface area (Å²) in [5, 5.41) is 14.0. The molecule has 0 fully saturated rings. The Labute approximate surface area is 190 Å². The van der Waals surface area contributed by atoms with Gasteiger partial charge in [-0.25, -0.2) is 19.2 Å². The van der Waals surface area contributed by atoms with Gasteiger partial charge in [0.25, 0.3) is 0 Å². The van der Waals surface area contributed by atoms with E-state index in [4.69, 9.17) is 9.47 Å². The van der Waals surface area contributed by atoms with Gasteiger partial charge in [-0.3, -0.25) is 9.88 Å². The second kappa shape index (κ2) is 11.7. The maximum absolute atomic E-state index is 12.2. The van der Waals surface area contributed by atoms with E-state index in [0.717, 1.165) is 5.56 Å². The van der Waals surface area contributed by atoms with Gasteiger partial charge < -0.3 is 19.9 Å². The molecule has 2 aromatic rings. The Morgan fingerprint density at radius 1 is 1.12 bits per heavy atom. The van der Waals surface area contributed by atoms with Crippen molar-refractivity contribution in [3.8, 4) is 0 Å². The lowest BCUT2D eigenvalue weighted by Crippen LogP contribution is -2.43. The number of benzene rings is 1. The summed E-state index contributed by atoms with van der Waals surface area (Å²) < 4.78 is 11.4. The minimum atomic E-state index is -1.21. The summed E-state index contributed by atoms with van der Waals surface area (Å²) in [6.07, 6.45) is 0.205. The summed E-state index contributed by atoms with van der Waals surface area (Å²) in [6.45, 7) is 5.26. The molecule has 1 aromatic heterocycles. The highest BCUT2D eigenvalue weighted by Gasteiger charge is 2.23. The number of amides is 2. The molecule has 0 bridgehead atoms. The molecule has 0 saturated heterocycles. The second-order valence-electron chi connectivity index (χ2n) is 8.15. The van der Waals surface area contributed by atoms with E-state index in [2.05, 4.69) is 15.6 Å². The average Bonchev–Trinajstić information content (AvgIpc) is 2.72. The van der Waals surface area contributed by atoms with E-state index in [1.54, 1.807) is 20.8 Å². The number of aromatic nitrogens is 2. The number of nitrogens with one attached hydrogen (secondary N) is 2. The van der Waals surface area contributed by atoms with Gasteiger partial charge in [-0.05, 0) is 45.2 Å². The van der Waals surface area contributed by atoms with Gasteiger partial charge in [0, 0.05) is 12.7 Å². The maximum Gasteiger partial charge on any atom is 0.413 e. The molecule has 3 N–H and O–H groups in total. The Hall–Kier alpha value is -3.89. The molecule has 1 heterocycles. The first-order valence-electron chi connectivity index (χ1n) is 10.3. The average molecular weight is 460 g/mol. The summed E-state index contributed by atoms with van der Waals surface area (Å²) in [5.74, 6) is -1.18. The predicted molar refractivity (Wildman–Crippen MR) is 119 cm³/mol. The van der Waals surface area contributed by atoms with Crippen LogP contribution >= 0.6 is 0 Å². The van der Waals surface area contributed by atoms with Crippen LogP contribution in [0.2, 0.25) is 0 Å². The van der Waals surface area contributed by atoms with E-state index in [1.807, 2.05) is 30.3 Å². The third kappa shape index (κ3) is 9.42. The van der Waals surface area contributed by atoms with Crippen molar-refractivity contribution in [3.63, 3.8) is 0 Å². The molecule has 178 valence electrons.